The molecule has 1 heterocycles. The topological polar surface area (TPSA) is 36.4 Å². The third-order valence-corrected chi connectivity index (χ3v) is 3.84. The molecular weight excluding hydrogens is 232 g/mol. The standard InChI is InChI=1S/C13H16N2OS/c1-9-5-4-6-11(7-9)15(3)13-14-8-12(17-13)10(2)16/h4-8,10,16H,1-3H3. The number of thiazole rings is 1. The first kappa shape index (κ1) is 12.1. The highest BCUT2D eigenvalue weighted by atomic mass is 32.1. The van der Waals surface area contributed by atoms with Crippen LogP contribution in [-0.2, 0) is 0 Å². The summed E-state index contributed by atoms with van der Waals surface area (Å²) in [6, 6.07) is 8.27. The summed E-state index contributed by atoms with van der Waals surface area (Å²) in [5.41, 5.74) is 2.33. The highest BCUT2D eigenvalue weighted by Gasteiger charge is 2.11. The molecule has 0 aliphatic heterocycles. The van der Waals surface area contributed by atoms with Gasteiger partial charge in [-0.15, -0.1) is 0 Å². The zero-order chi connectivity index (χ0) is 12.4. The van der Waals surface area contributed by atoms with Gasteiger partial charge in [0, 0.05) is 18.9 Å². The molecule has 1 atom stereocenters. The van der Waals surface area contributed by atoms with E-state index in [1.54, 1.807) is 13.1 Å². The largest absolute Gasteiger partial charge is 0.388 e. The first-order valence-corrected chi connectivity index (χ1v) is 6.34. The van der Waals surface area contributed by atoms with Gasteiger partial charge < -0.3 is 10.0 Å². The van der Waals surface area contributed by atoms with Crippen molar-refractivity contribution in [1.29, 1.82) is 0 Å². The van der Waals surface area contributed by atoms with E-state index < -0.39 is 6.10 Å². The van der Waals surface area contributed by atoms with Gasteiger partial charge in [-0.3, -0.25) is 0 Å². The smallest absolute Gasteiger partial charge is 0.189 e. The van der Waals surface area contributed by atoms with Gasteiger partial charge in [0.1, 0.15) is 0 Å². The Hall–Kier alpha value is -1.39. The summed E-state index contributed by atoms with van der Waals surface area (Å²) in [4.78, 5) is 7.25. The van der Waals surface area contributed by atoms with Gasteiger partial charge in [0.2, 0.25) is 0 Å². The van der Waals surface area contributed by atoms with Crippen molar-refractivity contribution in [3.8, 4) is 0 Å². The lowest BCUT2D eigenvalue weighted by molar-refractivity contribution is 0.203. The van der Waals surface area contributed by atoms with E-state index in [0.717, 1.165) is 15.7 Å². The summed E-state index contributed by atoms with van der Waals surface area (Å²) in [7, 11) is 1.99. The maximum absolute atomic E-state index is 9.49. The highest BCUT2D eigenvalue weighted by Crippen LogP contribution is 2.30. The molecule has 0 spiro atoms. The molecule has 1 aromatic carbocycles. The molecule has 4 heteroatoms. The third-order valence-electron chi connectivity index (χ3n) is 2.60. The summed E-state index contributed by atoms with van der Waals surface area (Å²) in [5, 5.41) is 10.4. The van der Waals surface area contributed by atoms with E-state index in [9.17, 15) is 5.11 Å². The van der Waals surface area contributed by atoms with Gasteiger partial charge in [0.15, 0.2) is 5.13 Å². The zero-order valence-corrected chi connectivity index (χ0v) is 11.0. The molecule has 0 aliphatic carbocycles. The Morgan fingerprint density at radius 1 is 1.41 bits per heavy atom. The Morgan fingerprint density at radius 3 is 2.76 bits per heavy atom. The lowest BCUT2D eigenvalue weighted by Crippen LogP contribution is -2.08. The number of rotatable bonds is 3. The summed E-state index contributed by atoms with van der Waals surface area (Å²) in [6.45, 7) is 3.82. The Labute approximate surface area is 105 Å². The zero-order valence-electron chi connectivity index (χ0n) is 10.2. The van der Waals surface area contributed by atoms with Gasteiger partial charge >= 0.3 is 0 Å². The van der Waals surface area contributed by atoms with Crippen molar-refractivity contribution >= 4 is 22.2 Å². The number of anilines is 2. The van der Waals surface area contributed by atoms with E-state index in [0.29, 0.717) is 0 Å². The summed E-state index contributed by atoms with van der Waals surface area (Å²) in [6.07, 6.45) is 1.28. The quantitative estimate of drug-likeness (QED) is 0.905. The highest BCUT2D eigenvalue weighted by molar-refractivity contribution is 7.15. The van der Waals surface area contributed by atoms with Crippen LogP contribution < -0.4 is 4.90 Å². The minimum atomic E-state index is -0.452. The molecule has 0 fully saturated rings. The molecule has 0 saturated heterocycles. The minimum Gasteiger partial charge on any atom is -0.388 e. The van der Waals surface area contributed by atoms with Crippen molar-refractivity contribution in [1.82, 2.24) is 4.98 Å². The number of aromatic nitrogens is 1. The van der Waals surface area contributed by atoms with E-state index in [1.165, 1.54) is 16.9 Å². The van der Waals surface area contributed by atoms with Crippen molar-refractivity contribution in [3.63, 3.8) is 0 Å². The van der Waals surface area contributed by atoms with Crippen molar-refractivity contribution in [2.75, 3.05) is 11.9 Å². The number of nitrogens with zero attached hydrogens (tertiary/aromatic N) is 2. The molecule has 17 heavy (non-hydrogen) atoms. The van der Waals surface area contributed by atoms with Gasteiger partial charge in [0.25, 0.3) is 0 Å². The van der Waals surface area contributed by atoms with E-state index in [-0.39, 0.29) is 0 Å². The predicted octanol–water partition coefficient (Wildman–Crippen LogP) is 3.27. The van der Waals surface area contributed by atoms with Crippen LogP contribution in [0.5, 0.6) is 0 Å². The van der Waals surface area contributed by atoms with E-state index in [2.05, 4.69) is 30.1 Å². The molecule has 2 rings (SSSR count). The number of aryl methyl sites for hydroxylation is 1. The van der Waals surface area contributed by atoms with Crippen LogP contribution in [0, 0.1) is 6.92 Å². The first-order valence-electron chi connectivity index (χ1n) is 5.52. The monoisotopic (exact) mass is 248 g/mol. The Kier molecular flexibility index (Phi) is 3.45. The lowest BCUT2D eigenvalue weighted by Gasteiger charge is -2.16. The van der Waals surface area contributed by atoms with Gasteiger partial charge in [-0.2, -0.15) is 0 Å². The first-order chi connectivity index (χ1) is 8.08. The molecule has 0 amide bonds. The van der Waals surface area contributed by atoms with Gasteiger partial charge in [-0.05, 0) is 31.5 Å². The molecule has 0 saturated carbocycles. The maximum Gasteiger partial charge on any atom is 0.189 e. The Morgan fingerprint density at radius 2 is 2.18 bits per heavy atom. The van der Waals surface area contributed by atoms with Gasteiger partial charge in [0.05, 0.1) is 11.0 Å². The molecular formula is C13H16N2OS. The second kappa shape index (κ2) is 4.85. The SMILES string of the molecule is Cc1cccc(N(C)c2ncc(C(C)O)s2)c1. The molecule has 90 valence electrons. The van der Waals surface area contributed by atoms with Crippen LogP contribution in [-0.4, -0.2) is 17.1 Å². The van der Waals surface area contributed by atoms with Gasteiger partial charge in [-0.1, -0.05) is 23.5 Å². The van der Waals surface area contributed by atoms with E-state index in [4.69, 9.17) is 0 Å². The molecule has 1 N–H and O–H groups in total. The summed E-state index contributed by atoms with van der Waals surface area (Å²) in [5.74, 6) is 0. The van der Waals surface area contributed by atoms with Crippen LogP contribution in [0.25, 0.3) is 0 Å². The van der Waals surface area contributed by atoms with Crippen molar-refractivity contribution in [2.24, 2.45) is 0 Å². The summed E-state index contributed by atoms with van der Waals surface area (Å²) < 4.78 is 0. The van der Waals surface area contributed by atoms with Crippen LogP contribution in [0.3, 0.4) is 0 Å². The number of aliphatic hydroxyl groups is 1. The minimum absolute atomic E-state index is 0.452. The number of benzene rings is 1. The van der Waals surface area contributed by atoms with Crippen LogP contribution >= 0.6 is 11.3 Å². The maximum atomic E-state index is 9.49. The molecule has 0 radical (unpaired) electrons. The fourth-order valence-electron chi connectivity index (χ4n) is 1.57. The van der Waals surface area contributed by atoms with Crippen LogP contribution in [0.15, 0.2) is 30.5 Å². The molecule has 1 unspecified atom stereocenters. The van der Waals surface area contributed by atoms with Crippen molar-refractivity contribution in [2.45, 2.75) is 20.0 Å². The fourth-order valence-corrected chi connectivity index (χ4v) is 2.41. The second-order valence-electron chi connectivity index (χ2n) is 4.12. The molecule has 1 aromatic heterocycles. The van der Waals surface area contributed by atoms with E-state index in [1.807, 2.05) is 18.0 Å². The van der Waals surface area contributed by atoms with Crippen molar-refractivity contribution < 1.29 is 5.11 Å². The lowest BCUT2D eigenvalue weighted by atomic mass is 10.2. The average Bonchev–Trinajstić information content (AvgIpc) is 2.77. The number of hydrogen-bond acceptors (Lipinski definition) is 4. The molecule has 2 aromatic rings. The number of aliphatic hydroxyl groups excluding tert-OH is 1. The fraction of sp³-hybridized carbons (Fsp3) is 0.308. The Bertz CT molecular complexity index is 508. The summed E-state index contributed by atoms with van der Waals surface area (Å²) >= 11 is 1.51. The average molecular weight is 248 g/mol. The number of hydrogen-bond donors (Lipinski definition) is 1. The van der Waals surface area contributed by atoms with Crippen LogP contribution in [0.1, 0.15) is 23.5 Å². The normalized spacial score (nSPS) is 12.5. The Balaban J connectivity index is 2.27. The molecule has 3 nitrogen and oxygen atoms in total. The van der Waals surface area contributed by atoms with E-state index >= 15 is 0 Å². The van der Waals surface area contributed by atoms with Gasteiger partial charge in [-0.25, -0.2) is 4.98 Å². The predicted molar refractivity (Wildman–Crippen MR) is 72.0 cm³/mol. The molecule has 0 aliphatic rings. The second-order valence-corrected chi connectivity index (χ2v) is 5.16. The van der Waals surface area contributed by atoms with Crippen molar-refractivity contribution in [3.05, 3.63) is 40.9 Å². The van der Waals surface area contributed by atoms with Crippen LogP contribution in [0.2, 0.25) is 0 Å². The van der Waals surface area contributed by atoms with Crippen LogP contribution in [0.4, 0.5) is 10.8 Å². The third kappa shape index (κ3) is 2.65. The molecule has 0 bridgehead atoms.